The van der Waals surface area contributed by atoms with Crippen molar-refractivity contribution in [1.82, 2.24) is 0 Å². The summed E-state index contributed by atoms with van der Waals surface area (Å²) >= 11 is 0. The van der Waals surface area contributed by atoms with Gasteiger partial charge in [0, 0.05) is 30.8 Å². The molecule has 0 bridgehead atoms. The van der Waals surface area contributed by atoms with E-state index < -0.39 is 9.05 Å². The molecule has 0 unspecified atom stereocenters. The number of methoxy groups -OCH3 is 1. The third-order valence-electron chi connectivity index (χ3n) is 2.86. The van der Waals surface area contributed by atoms with Crippen LogP contribution < -0.4 is 4.74 Å². The highest BCUT2D eigenvalue weighted by Crippen LogP contribution is 2.27. The predicted octanol–water partition coefficient (Wildman–Crippen LogP) is 2.66. The third kappa shape index (κ3) is 6.22. The molecule has 0 saturated heterocycles. The summed E-state index contributed by atoms with van der Waals surface area (Å²) < 4.78 is 38.6. The maximum atomic E-state index is 11.4. The molecule has 1 aromatic rings. The van der Waals surface area contributed by atoms with Crippen molar-refractivity contribution in [3.8, 4) is 5.75 Å². The van der Waals surface area contributed by atoms with Gasteiger partial charge in [0.05, 0.1) is 24.7 Å². The molecule has 0 aromatic heterocycles. The van der Waals surface area contributed by atoms with Crippen LogP contribution in [0.3, 0.4) is 0 Å². The summed E-state index contributed by atoms with van der Waals surface area (Å²) in [5.74, 6) is 0.661. The molecule has 0 amide bonds. The first kappa shape index (κ1) is 18.2. The molecule has 21 heavy (non-hydrogen) atoms. The molecule has 7 heteroatoms. The number of hydrogen-bond acceptors (Lipinski definition) is 5. The van der Waals surface area contributed by atoms with Crippen LogP contribution in [0.15, 0.2) is 17.0 Å². The first-order valence-corrected chi connectivity index (χ1v) is 8.92. The Hall–Kier alpha value is -0.820. The lowest BCUT2D eigenvalue weighted by atomic mass is 10.1. The molecule has 120 valence electrons. The number of halogens is 1. The zero-order chi connectivity index (χ0) is 15.9. The average Bonchev–Trinajstić information content (AvgIpc) is 2.39. The van der Waals surface area contributed by atoms with E-state index in [1.165, 1.54) is 6.07 Å². The van der Waals surface area contributed by atoms with Gasteiger partial charge in [-0.25, -0.2) is 8.42 Å². The van der Waals surface area contributed by atoms with Gasteiger partial charge >= 0.3 is 0 Å². The molecule has 1 aromatic carbocycles. The van der Waals surface area contributed by atoms with Crippen LogP contribution in [-0.2, 0) is 18.5 Å². The second-order valence-corrected chi connectivity index (χ2v) is 7.16. The third-order valence-corrected chi connectivity index (χ3v) is 4.32. The predicted molar refractivity (Wildman–Crippen MR) is 81.8 cm³/mol. The van der Waals surface area contributed by atoms with E-state index in [1.807, 2.05) is 0 Å². The zero-order valence-corrected chi connectivity index (χ0v) is 14.1. The highest BCUT2D eigenvalue weighted by molar-refractivity contribution is 8.13. The fourth-order valence-electron chi connectivity index (χ4n) is 1.77. The first-order valence-electron chi connectivity index (χ1n) is 6.61. The Bertz CT molecular complexity index is 557. The molecule has 0 atom stereocenters. The lowest BCUT2D eigenvalue weighted by molar-refractivity contribution is 0.0644. The average molecular weight is 337 g/mol. The molecule has 0 fully saturated rings. The minimum Gasteiger partial charge on any atom is -0.493 e. The van der Waals surface area contributed by atoms with Crippen molar-refractivity contribution in [1.29, 1.82) is 0 Å². The van der Waals surface area contributed by atoms with Crippen LogP contribution >= 0.6 is 10.7 Å². The lowest BCUT2D eigenvalue weighted by Gasteiger charge is -2.12. The van der Waals surface area contributed by atoms with Crippen LogP contribution in [0.4, 0.5) is 0 Å². The number of benzene rings is 1. The van der Waals surface area contributed by atoms with Gasteiger partial charge in [-0.05, 0) is 37.1 Å². The Kier molecular flexibility index (Phi) is 7.45. The van der Waals surface area contributed by atoms with Crippen LogP contribution in [0.25, 0.3) is 0 Å². The summed E-state index contributed by atoms with van der Waals surface area (Å²) in [4.78, 5) is 0.122. The van der Waals surface area contributed by atoms with Crippen LogP contribution in [-0.4, -0.2) is 42.0 Å². The molecule has 0 N–H and O–H groups in total. The molecule has 1 rings (SSSR count). The summed E-state index contributed by atoms with van der Waals surface area (Å²) in [6.07, 6.45) is 0.748. The van der Waals surface area contributed by atoms with Gasteiger partial charge < -0.3 is 14.2 Å². The van der Waals surface area contributed by atoms with E-state index in [1.54, 1.807) is 27.0 Å². The molecule has 0 saturated carbocycles. The van der Waals surface area contributed by atoms with Gasteiger partial charge in [0.1, 0.15) is 5.75 Å². The standard InChI is InChI=1S/C14H21ClO5S/c1-11-10-14(21(15,16)17)12(2)9-13(11)20-6-4-5-19-8-7-18-3/h9-10H,4-8H2,1-3H3. The first-order chi connectivity index (χ1) is 9.86. The molecular weight excluding hydrogens is 316 g/mol. The van der Waals surface area contributed by atoms with Crippen LogP contribution in [0, 0.1) is 13.8 Å². The Labute approximate surface area is 130 Å². The van der Waals surface area contributed by atoms with Crippen molar-refractivity contribution in [2.45, 2.75) is 25.2 Å². The Morgan fingerprint density at radius 2 is 1.76 bits per heavy atom. The maximum Gasteiger partial charge on any atom is 0.261 e. The van der Waals surface area contributed by atoms with Gasteiger partial charge in [-0.1, -0.05) is 0 Å². The topological polar surface area (TPSA) is 61.8 Å². The number of aryl methyl sites for hydroxylation is 2. The Morgan fingerprint density at radius 3 is 2.38 bits per heavy atom. The molecule has 0 radical (unpaired) electrons. The fourth-order valence-corrected chi connectivity index (χ4v) is 3.03. The van der Waals surface area contributed by atoms with Crippen molar-refractivity contribution in [3.05, 3.63) is 23.3 Å². The molecule has 0 aliphatic heterocycles. The molecule has 5 nitrogen and oxygen atoms in total. The Morgan fingerprint density at radius 1 is 1.05 bits per heavy atom. The summed E-state index contributed by atoms with van der Waals surface area (Å²) in [7, 11) is 3.28. The zero-order valence-electron chi connectivity index (χ0n) is 12.5. The molecule has 0 heterocycles. The SMILES string of the molecule is COCCOCCCOc1cc(C)c(S(=O)(=O)Cl)cc1C. The summed E-state index contributed by atoms with van der Waals surface area (Å²) in [5.41, 5.74) is 1.31. The molecule has 0 spiro atoms. The van der Waals surface area contributed by atoms with E-state index in [0.29, 0.717) is 37.7 Å². The largest absolute Gasteiger partial charge is 0.493 e. The summed E-state index contributed by atoms with van der Waals surface area (Å²) in [6, 6.07) is 3.22. The van der Waals surface area contributed by atoms with E-state index in [0.717, 1.165) is 12.0 Å². The van der Waals surface area contributed by atoms with E-state index >= 15 is 0 Å². The second-order valence-electron chi connectivity index (χ2n) is 4.63. The maximum absolute atomic E-state index is 11.4. The van der Waals surface area contributed by atoms with E-state index in [-0.39, 0.29) is 4.90 Å². The van der Waals surface area contributed by atoms with Crippen LogP contribution in [0.1, 0.15) is 17.5 Å². The molecular formula is C14H21ClO5S. The van der Waals surface area contributed by atoms with Gasteiger partial charge in [-0.3, -0.25) is 0 Å². The van der Waals surface area contributed by atoms with E-state index in [2.05, 4.69) is 0 Å². The van der Waals surface area contributed by atoms with Gasteiger partial charge in [-0.2, -0.15) is 0 Å². The van der Waals surface area contributed by atoms with Crippen molar-refractivity contribution in [3.63, 3.8) is 0 Å². The minimum atomic E-state index is -3.73. The van der Waals surface area contributed by atoms with Gasteiger partial charge in [-0.15, -0.1) is 0 Å². The van der Waals surface area contributed by atoms with Gasteiger partial charge in [0.25, 0.3) is 9.05 Å². The smallest absolute Gasteiger partial charge is 0.261 e. The van der Waals surface area contributed by atoms with Crippen LogP contribution in [0.2, 0.25) is 0 Å². The number of ether oxygens (including phenoxy) is 3. The number of rotatable bonds is 9. The molecule has 0 aliphatic rings. The summed E-state index contributed by atoms with van der Waals surface area (Å²) in [5, 5.41) is 0. The normalized spacial score (nSPS) is 11.6. The van der Waals surface area contributed by atoms with E-state index in [9.17, 15) is 8.42 Å². The van der Waals surface area contributed by atoms with Crippen LogP contribution in [0.5, 0.6) is 5.75 Å². The highest BCUT2D eigenvalue weighted by Gasteiger charge is 2.15. The van der Waals surface area contributed by atoms with Crippen molar-refractivity contribution in [2.24, 2.45) is 0 Å². The quantitative estimate of drug-likeness (QED) is 0.512. The lowest BCUT2D eigenvalue weighted by Crippen LogP contribution is -2.07. The van der Waals surface area contributed by atoms with Gasteiger partial charge in [0.2, 0.25) is 0 Å². The Balaban J connectivity index is 2.52. The van der Waals surface area contributed by atoms with Crippen molar-refractivity contribution >= 4 is 19.7 Å². The monoisotopic (exact) mass is 336 g/mol. The van der Waals surface area contributed by atoms with Gasteiger partial charge in [0.15, 0.2) is 0 Å². The van der Waals surface area contributed by atoms with Crippen molar-refractivity contribution in [2.75, 3.05) is 33.5 Å². The summed E-state index contributed by atoms with van der Waals surface area (Å²) in [6.45, 7) is 5.71. The second kappa shape index (κ2) is 8.58. The minimum absolute atomic E-state index is 0.122. The van der Waals surface area contributed by atoms with E-state index in [4.69, 9.17) is 24.9 Å². The number of hydrogen-bond donors (Lipinski definition) is 0. The van der Waals surface area contributed by atoms with Crippen molar-refractivity contribution < 1.29 is 22.6 Å². The molecule has 0 aliphatic carbocycles. The highest BCUT2D eigenvalue weighted by atomic mass is 35.7. The fraction of sp³-hybridized carbons (Fsp3) is 0.571.